The van der Waals surface area contributed by atoms with E-state index in [9.17, 15) is 0 Å². The quantitative estimate of drug-likeness (QED) is 0.899. The molecule has 0 radical (unpaired) electrons. The summed E-state index contributed by atoms with van der Waals surface area (Å²) in [4.78, 5) is 4.82. The molecule has 0 bridgehead atoms. The van der Waals surface area contributed by atoms with E-state index in [0.717, 1.165) is 12.1 Å². The van der Waals surface area contributed by atoms with Gasteiger partial charge in [-0.25, -0.2) is 4.98 Å². The van der Waals surface area contributed by atoms with Gasteiger partial charge in [0.05, 0.1) is 5.69 Å². The molecule has 20 heavy (non-hydrogen) atoms. The molecule has 1 aliphatic rings. The summed E-state index contributed by atoms with van der Waals surface area (Å²) in [5, 5.41) is 3.78. The fourth-order valence-electron chi connectivity index (χ4n) is 3.17. The third-order valence-corrected chi connectivity index (χ3v) is 4.15. The molecule has 0 aromatic carbocycles. The monoisotopic (exact) mass is 271 g/mol. The highest BCUT2D eigenvalue weighted by Crippen LogP contribution is 2.26. The predicted octanol–water partition coefficient (Wildman–Crippen LogP) is 4.28. The maximum absolute atomic E-state index is 4.82. The van der Waals surface area contributed by atoms with Crippen LogP contribution in [0.25, 0.3) is 5.65 Å². The van der Waals surface area contributed by atoms with Gasteiger partial charge in [0.1, 0.15) is 11.5 Å². The van der Waals surface area contributed by atoms with Crippen molar-refractivity contribution in [1.82, 2.24) is 9.38 Å². The highest BCUT2D eigenvalue weighted by atomic mass is 15.1. The van der Waals surface area contributed by atoms with Gasteiger partial charge in [-0.05, 0) is 37.3 Å². The van der Waals surface area contributed by atoms with Crippen molar-refractivity contribution in [1.29, 1.82) is 0 Å². The maximum Gasteiger partial charge on any atom is 0.138 e. The Bertz CT molecular complexity index is 565. The lowest BCUT2D eigenvalue weighted by Gasteiger charge is -2.24. The number of rotatable bonds is 4. The molecule has 3 nitrogen and oxygen atoms in total. The van der Waals surface area contributed by atoms with E-state index in [-0.39, 0.29) is 0 Å². The lowest BCUT2D eigenvalue weighted by Crippen LogP contribution is -2.23. The number of aromatic nitrogens is 2. The van der Waals surface area contributed by atoms with Crippen molar-refractivity contribution in [2.24, 2.45) is 5.92 Å². The zero-order valence-electron chi connectivity index (χ0n) is 12.6. The van der Waals surface area contributed by atoms with Gasteiger partial charge in [-0.3, -0.25) is 4.40 Å². The van der Waals surface area contributed by atoms with Gasteiger partial charge >= 0.3 is 0 Å². The predicted molar refractivity (Wildman–Crippen MR) is 84.2 cm³/mol. The van der Waals surface area contributed by atoms with Crippen molar-refractivity contribution in [3.05, 3.63) is 30.1 Å². The van der Waals surface area contributed by atoms with Gasteiger partial charge in [-0.15, -0.1) is 0 Å². The fraction of sp³-hybridized carbons (Fsp3) is 0.588. The summed E-state index contributed by atoms with van der Waals surface area (Å²) in [6.07, 6.45) is 9.85. The Labute approximate surface area is 121 Å². The first kappa shape index (κ1) is 13.5. The molecule has 1 fully saturated rings. The molecule has 0 aliphatic heterocycles. The molecule has 0 spiro atoms. The molecule has 3 heteroatoms. The lowest BCUT2D eigenvalue weighted by atomic mass is 9.95. The Morgan fingerprint density at radius 1 is 1.25 bits per heavy atom. The van der Waals surface area contributed by atoms with E-state index in [1.54, 1.807) is 0 Å². The Hall–Kier alpha value is -1.51. The number of nitrogens with one attached hydrogen (secondary N) is 1. The fourth-order valence-corrected chi connectivity index (χ4v) is 3.17. The van der Waals surface area contributed by atoms with Crippen molar-refractivity contribution in [2.75, 3.05) is 5.32 Å². The second kappa shape index (κ2) is 5.86. The summed E-state index contributed by atoms with van der Waals surface area (Å²) in [5.41, 5.74) is 2.28. The second-order valence-corrected chi connectivity index (χ2v) is 6.41. The molecule has 1 saturated carbocycles. The molecule has 1 aliphatic carbocycles. The minimum Gasteiger partial charge on any atom is -0.367 e. The topological polar surface area (TPSA) is 29.3 Å². The maximum atomic E-state index is 4.82. The molecule has 3 rings (SSSR count). The lowest BCUT2D eigenvalue weighted by molar-refractivity contribution is 0.461. The van der Waals surface area contributed by atoms with Crippen LogP contribution in [-0.4, -0.2) is 15.4 Å². The minimum absolute atomic E-state index is 0.620. The first-order valence-electron chi connectivity index (χ1n) is 7.96. The molecule has 2 aromatic heterocycles. The van der Waals surface area contributed by atoms with E-state index in [1.165, 1.54) is 43.6 Å². The van der Waals surface area contributed by atoms with Crippen molar-refractivity contribution in [3.63, 3.8) is 0 Å². The molecule has 2 aromatic rings. The third kappa shape index (κ3) is 2.82. The average Bonchev–Trinajstić information content (AvgIpc) is 2.77. The number of imidazole rings is 1. The molecule has 0 atom stereocenters. The molecule has 0 amide bonds. The van der Waals surface area contributed by atoms with Crippen LogP contribution in [0.15, 0.2) is 24.4 Å². The first-order chi connectivity index (χ1) is 9.74. The smallest absolute Gasteiger partial charge is 0.138 e. The van der Waals surface area contributed by atoms with E-state index in [2.05, 4.69) is 48.0 Å². The number of pyridine rings is 1. The standard InChI is InChI=1S/C17H25N3/c1-13(2)12-15-17(18-14-8-4-3-5-9-14)20-11-7-6-10-16(20)19-15/h6-7,10-11,13-14,18H,3-5,8-9,12H2,1-2H3. The van der Waals surface area contributed by atoms with E-state index in [1.807, 2.05) is 0 Å². The summed E-state index contributed by atoms with van der Waals surface area (Å²) in [6.45, 7) is 4.52. The average molecular weight is 271 g/mol. The van der Waals surface area contributed by atoms with E-state index in [0.29, 0.717) is 12.0 Å². The first-order valence-corrected chi connectivity index (χ1v) is 7.96. The molecular formula is C17H25N3. The van der Waals surface area contributed by atoms with Gasteiger partial charge in [-0.1, -0.05) is 39.2 Å². The van der Waals surface area contributed by atoms with Crippen LogP contribution in [-0.2, 0) is 6.42 Å². The van der Waals surface area contributed by atoms with Gasteiger partial charge in [0.25, 0.3) is 0 Å². The van der Waals surface area contributed by atoms with Gasteiger partial charge in [-0.2, -0.15) is 0 Å². The van der Waals surface area contributed by atoms with E-state index < -0.39 is 0 Å². The summed E-state index contributed by atoms with van der Waals surface area (Å²) >= 11 is 0. The van der Waals surface area contributed by atoms with Crippen LogP contribution in [0.1, 0.15) is 51.6 Å². The summed E-state index contributed by atoms with van der Waals surface area (Å²) < 4.78 is 2.21. The summed E-state index contributed by atoms with van der Waals surface area (Å²) in [6, 6.07) is 6.86. The van der Waals surface area contributed by atoms with Gasteiger partial charge < -0.3 is 5.32 Å². The second-order valence-electron chi connectivity index (χ2n) is 6.41. The summed E-state index contributed by atoms with van der Waals surface area (Å²) in [7, 11) is 0. The van der Waals surface area contributed by atoms with Crippen LogP contribution in [0.3, 0.4) is 0 Å². The molecule has 108 valence electrons. The highest BCUT2D eigenvalue weighted by molar-refractivity contribution is 5.55. The zero-order valence-corrected chi connectivity index (χ0v) is 12.6. The van der Waals surface area contributed by atoms with Crippen LogP contribution in [0.5, 0.6) is 0 Å². The largest absolute Gasteiger partial charge is 0.367 e. The number of fused-ring (bicyclic) bond motifs is 1. The van der Waals surface area contributed by atoms with Crippen LogP contribution in [0.4, 0.5) is 5.82 Å². The normalized spacial score (nSPS) is 16.9. The molecule has 0 unspecified atom stereocenters. The van der Waals surface area contributed by atoms with Crippen molar-refractivity contribution in [3.8, 4) is 0 Å². The Kier molecular flexibility index (Phi) is 3.95. The van der Waals surface area contributed by atoms with Crippen molar-refractivity contribution >= 4 is 11.5 Å². The Balaban J connectivity index is 1.92. The van der Waals surface area contributed by atoms with E-state index in [4.69, 9.17) is 4.98 Å². The Morgan fingerprint density at radius 2 is 2.05 bits per heavy atom. The van der Waals surface area contributed by atoms with Gasteiger partial charge in [0.2, 0.25) is 0 Å². The minimum atomic E-state index is 0.620. The van der Waals surface area contributed by atoms with Crippen LogP contribution in [0.2, 0.25) is 0 Å². The number of hydrogen-bond donors (Lipinski definition) is 1. The van der Waals surface area contributed by atoms with Gasteiger partial charge in [0, 0.05) is 12.2 Å². The SMILES string of the molecule is CC(C)Cc1nc2ccccn2c1NC1CCCCC1. The number of nitrogens with zero attached hydrogens (tertiary/aromatic N) is 2. The zero-order chi connectivity index (χ0) is 13.9. The number of anilines is 1. The van der Waals surface area contributed by atoms with Crippen LogP contribution >= 0.6 is 0 Å². The van der Waals surface area contributed by atoms with Gasteiger partial charge in [0.15, 0.2) is 0 Å². The molecule has 1 N–H and O–H groups in total. The molecule has 0 saturated heterocycles. The van der Waals surface area contributed by atoms with Crippen LogP contribution in [0, 0.1) is 5.92 Å². The third-order valence-electron chi connectivity index (χ3n) is 4.15. The van der Waals surface area contributed by atoms with E-state index >= 15 is 0 Å². The molecule has 2 heterocycles. The highest BCUT2D eigenvalue weighted by Gasteiger charge is 2.18. The number of hydrogen-bond acceptors (Lipinski definition) is 2. The van der Waals surface area contributed by atoms with Crippen molar-refractivity contribution in [2.45, 2.75) is 58.4 Å². The van der Waals surface area contributed by atoms with Crippen LogP contribution < -0.4 is 5.32 Å². The van der Waals surface area contributed by atoms with Crippen molar-refractivity contribution < 1.29 is 0 Å². The summed E-state index contributed by atoms with van der Waals surface area (Å²) in [5.74, 6) is 1.85. The Morgan fingerprint density at radius 3 is 2.80 bits per heavy atom. The molecular weight excluding hydrogens is 246 g/mol.